The molecule has 1 rings (SSSR count). The summed E-state index contributed by atoms with van der Waals surface area (Å²) in [5.41, 5.74) is 1.01. The summed E-state index contributed by atoms with van der Waals surface area (Å²) in [6, 6.07) is 5.48. The minimum Gasteiger partial charge on any atom is -0.494 e. The molecule has 1 atom stereocenters. The van der Waals surface area contributed by atoms with Crippen molar-refractivity contribution >= 4 is 0 Å². The molecular formula is C16H26FNO. The highest BCUT2D eigenvalue weighted by Gasteiger charge is 2.13. The lowest BCUT2D eigenvalue weighted by Crippen LogP contribution is -2.22. The molecule has 19 heavy (non-hydrogen) atoms. The third-order valence-corrected chi connectivity index (χ3v) is 3.25. The Kier molecular flexibility index (Phi) is 6.85. The largest absolute Gasteiger partial charge is 0.494 e. The lowest BCUT2D eigenvalue weighted by atomic mass is 9.97. The normalized spacial score (nSPS) is 12.7. The first kappa shape index (κ1) is 16.0. The standard InChI is InChI=1S/C16H26FNO/c1-5-10-18-15(8-6-12(2)3)13-7-9-16(19-4)14(17)11-13/h7,9,11-12,15,18H,5-6,8,10H2,1-4H3. The van der Waals surface area contributed by atoms with Crippen molar-refractivity contribution in [2.75, 3.05) is 13.7 Å². The van der Waals surface area contributed by atoms with E-state index in [0.29, 0.717) is 11.7 Å². The Balaban J connectivity index is 2.80. The van der Waals surface area contributed by atoms with Crippen LogP contribution in [-0.2, 0) is 0 Å². The van der Waals surface area contributed by atoms with E-state index in [1.165, 1.54) is 7.11 Å². The smallest absolute Gasteiger partial charge is 0.165 e. The molecule has 2 nitrogen and oxygen atoms in total. The second-order valence-corrected chi connectivity index (χ2v) is 5.37. The maximum atomic E-state index is 13.8. The first-order valence-electron chi connectivity index (χ1n) is 7.15. The number of methoxy groups -OCH3 is 1. The molecule has 0 aliphatic carbocycles. The van der Waals surface area contributed by atoms with E-state index < -0.39 is 0 Å². The minimum atomic E-state index is -0.284. The summed E-state index contributed by atoms with van der Waals surface area (Å²) >= 11 is 0. The summed E-state index contributed by atoms with van der Waals surface area (Å²) in [6.45, 7) is 7.52. The zero-order valence-electron chi connectivity index (χ0n) is 12.5. The van der Waals surface area contributed by atoms with Crippen LogP contribution < -0.4 is 10.1 Å². The number of hydrogen-bond acceptors (Lipinski definition) is 2. The molecule has 0 aliphatic heterocycles. The van der Waals surface area contributed by atoms with Gasteiger partial charge in [0, 0.05) is 6.04 Å². The van der Waals surface area contributed by atoms with Gasteiger partial charge in [-0.25, -0.2) is 4.39 Å². The molecule has 1 aromatic carbocycles. The summed E-state index contributed by atoms with van der Waals surface area (Å²) in [7, 11) is 1.49. The second kappa shape index (κ2) is 8.16. The summed E-state index contributed by atoms with van der Waals surface area (Å²) in [5, 5.41) is 3.50. The van der Waals surface area contributed by atoms with Gasteiger partial charge < -0.3 is 10.1 Å². The third kappa shape index (κ3) is 5.19. The Bertz CT molecular complexity index is 379. The van der Waals surface area contributed by atoms with Crippen LogP contribution in [0.25, 0.3) is 0 Å². The van der Waals surface area contributed by atoms with E-state index >= 15 is 0 Å². The van der Waals surface area contributed by atoms with E-state index in [2.05, 4.69) is 26.1 Å². The Labute approximate surface area is 116 Å². The number of hydrogen-bond donors (Lipinski definition) is 1. The summed E-state index contributed by atoms with van der Waals surface area (Å²) in [6.07, 6.45) is 3.25. The predicted octanol–water partition coefficient (Wildman–Crippen LogP) is 4.31. The molecule has 0 aliphatic rings. The summed E-state index contributed by atoms with van der Waals surface area (Å²) in [5.74, 6) is 0.684. The van der Waals surface area contributed by atoms with Gasteiger partial charge in [0.15, 0.2) is 11.6 Å². The fourth-order valence-corrected chi connectivity index (χ4v) is 2.10. The van der Waals surface area contributed by atoms with Crippen molar-refractivity contribution in [2.45, 2.75) is 46.1 Å². The van der Waals surface area contributed by atoms with Gasteiger partial charge in [-0.2, -0.15) is 0 Å². The third-order valence-electron chi connectivity index (χ3n) is 3.25. The van der Waals surface area contributed by atoms with Gasteiger partial charge in [-0.3, -0.25) is 0 Å². The highest BCUT2D eigenvalue weighted by atomic mass is 19.1. The zero-order chi connectivity index (χ0) is 14.3. The Hall–Kier alpha value is -1.09. The maximum absolute atomic E-state index is 13.8. The van der Waals surface area contributed by atoms with Crippen LogP contribution >= 0.6 is 0 Å². The van der Waals surface area contributed by atoms with Crippen LogP contribution in [0, 0.1) is 11.7 Å². The molecule has 1 unspecified atom stereocenters. The fourth-order valence-electron chi connectivity index (χ4n) is 2.10. The van der Waals surface area contributed by atoms with Crippen molar-refractivity contribution in [3.05, 3.63) is 29.6 Å². The molecule has 0 radical (unpaired) electrons. The first-order chi connectivity index (χ1) is 9.08. The second-order valence-electron chi connectivity index (χ2n) is 5.37. The quantitative estimate of drug-likeness (QED) is 0.757. The van der Waals surface area contributed by atoms with E-state index in [-0.39, 0.29) is 11.9 Å². The van der Waals surface area contributed by atoms with E-state index in [0.717, 1.165) is 31.4 Å². The van der Waals surface area contributed by atoms with Crippen LogP contribution in [-0.4, -0.2) is 13.7 Å². The number of benzene rings is 1. The number of halogens is 1. The highest BCUT2D eigenvalue weighted by Crippen LogP contribution is 2.25. The van der Waals surface area contributed by atoms with Crippen molar-refractivity contribution in [1.82, 2.24) is 5.32 Å². The van der Waals surface area contributed by atoms with Gasteiger partial charge in [-0.05, 0) is 49.4 Å². The molecule has 0 amide bonds. The molecule has 0 spiro atoms. The van der Waals surface area contributed by atoms with Gasteiger partial charge >= 0.3 is 0 Å². The van der Waals surface area contributed by atoms with Crippen LogP contribution in [0.5, 0.6) is 5.75 Å². The van der Waals surface area contributed by atoms with Crippen molar-refractivity contribution < 1.29 is 9.13 Å². The molecule has 0 aromatic heterocycles. The lowest BCUT2D eigenvalue weighted by Gasteiger charge is -2.20. The molecule has 1 N–H and O–H groups in total. The van der Waals surface area contributed by atoms with Crippen LogP contribution in [0.4, 0.5) is 4.39 Å². The lowest BCUT2D eigenvalue weighted by molar-refractivity contribution is 0.384. The fraction of sp³-hybridized carbons (Fsp3) is 0.625. The van der Waals surface area contributed by atoms with Crippen molar-refractivity contribution in [1.29, 1.82) is 0 Å². The molecule has 0 fully saturated rings. The minimum absolute atomic E-state index is 0.225. The molecular weight excluding hydrogens is 241 g/mol. The van der Waals surface area contributed by atoms with Gasteiger partial charge in [0.05, 0.1) is 7.11 Å². The van der Waals surface area contributed by atoms with Crippen LogP contribution in [0.15, 0.2) is 18.2 Å². The Morgan fingerprint density at radius 1 is 1.26 bits per heavy atom. The molecule has 0 saturated carbocycles. The van der Waals surface area contributed by atoms with Gasteiger partial charge in [0.1, 0.15) is 0 Å². The van der Waals surface area contributed by atoms with Gasteiger partial charge in [-0.15, -0.1) is 0 Å². The highest BCUT2D eigenvalue weighted by molar-refractivity contribution is 5.31. The Morgan fingerprint density at radius 2 is 2.00 bits per heavy atom. The molecule has 0 bridgehead atoms. The molecule has 3 heteroatoms. The number of nitrogens with one attached hydrogen (secondary N) is 1. The van der Waals surface area contributed by atoms with Crippen molar-refractivity contribution in [2.24, 2.45) is 5.92 Å². The predicted molar refractivity (Wildman–Crippen MR) is 78.1 cm³/mol. The molecule has 0 heterocycles. The Morgan fingerprint density at radius 3 is 2.53 bits per heavy atom. The SMILES string of the molecule is CCCNC(CCC(C)C)c1ccc(OC)c(F)c1. The molecule has 1 aromatic rings. The van der Waals surface area contributed by atoms with E-state index in [9.17, 15) is 4.39 Å². The monoisotopic (exact) mass is 267 g/mol. The van der Waals surface area contributed by atoms with Gasteiger partial charge in [0.2, 0.25) is 0 Å². The zero-order valence-corrected chi connectivity index (χ0v) is 12.5. The number of rotatable bonds is 8. The summed E-state index contributed by atoms with van der Waals surface area (Å²) in [4.78, 5) is 0. The van der Waals surface area contributed by atoms with Crippen molar-refractivity contribution in [3.8, 4) is 5.75 Å². The average Bonchev–Trinajstić information content (AvgIpc) is 2.38. The van der Waals surface area contributed by atoms with E-state index in [1.54, 1.807) is 12.1 Å². The van der Waals surface area contributed by atoms with Gasteiger partial charge in [0.25, 0.3) is 0 Å². The molecule has 0 saturated heterocycles. The summed E-state index contributed by atoms with van der Waals surface area (Å²) < 4.78 is 18.7. The van der Waals surface area contributed by atoms with Gasteiger partial charge in [-0.1, -0.05) is 26.8 Å². The van der Waals surface area contributed by atoms with Crippen molar-refractivity contribution in [3.63, 3.8) is 0 Å². The van der Waals surface area contributed by atoms with E-state index in [4.69, 9.17) is 4.74 Å². The topological polar surface area (TPSA) is 21.3 Å². The average molecular weight is 267 g/mol. The van der Waals surface area contributed by atoms with Crippen LogP contribution in [0.3, 0.4) is 0 Å². The maximum Gasteiger partial charge on any atom is 0.165 e. The number of ether oxygens (including phenoxy) is 1. The van der Waals surface area contributed by atoms with Crippen LogP contribution in [0.1, 0.15) is 51.6 Å². The molecule has 108 valence electrons. The van der Waals surface area contributed by atoms with Crippen LogP contribution in [0.2, 0.25) is 0 Å². The first-order valence-corrected chi connectivity index (χ1v) is 7.15. The van der Waals surface area contributed by atoms with E-state index in [1.807, 2.05) is 6.07 Å².